The number of nitrogens with two attached hydrogens (primary N) is 1. The van der Waals surface area contributed by atoms with Crippen LogP contribution in [0.15, 0.2) is 34.9 Å². The maximum absolute atomic E-state index is 12.0. The van der Waals surface area contributed by atoms with Gasteiger partial charge in [0.1, 0.15) is 0 Å². The summed E-state index contributed by atoms with van der Waals surface area (Å²) in [4.78, 5) is 18.5. The van der Waals surface area contributed by atoms with Crippen LogP contribution in [0.25, 0.3) is 0 Å². The van der Waals surface area contributed by atoms with Gasteiger partial charge in [-0.3, -0.25) is 4.90 Å². The van der Waals surface area contributed by atoms with Crippen LogP contribution in [0.5, 0.6) is 0 Å². The number of anilines is 1. The molecule has 1 saturated heterocycles. The van der Waals surface area contributed by atoms with Gasteiger partial charge in [-0.2, -0.15) is 4.98 Å². The number of aromatic nitrogens is 2. The van der Waals surface area contributed by atoms with E-state index in [2.05, 4.69) is 25.7 Å². The molecule has 0 saturated carbocycles. The molecule has 4 N–H and O–H groups in total. The number of para-hydroxylation sites is 1. The van der Waals surface area contributed by atoms with E-state index in [9.17, 15) is 4.79 Å². The number of amides is 2. The second kappa shape index (κ2) is 7.89. The zero-order valence-corrected chi connectivity index (χ0v) is 13.4. The molecular weight excluding hydrogens is 308 g/mol. The normalized spacial score (nSPS) is 16.0. The Morgan fingerprint density at radius 2 is 2.04 bits per heavy atom. The Morgan fingerprint density at radius 3 is 2.71 bits per heavy atom. The van der Waals surface area contributed by atoms with E-state index in [0.29, 0.717) is 18.3 Å². The summed E-state index contributed by atoms with van der Waals surface area (Å²) in [7, 11) is 0. The molecule has 1 aliphatic heterocycles. The molecule has 2 amide bonds. The lowest BCUT2D eigenvalue weighted by Gasteiger charge is -2.31. The minimum absolute atomic E-state index is 0.162. The fourth-order valence-electron chi connectivity index (χ4n) is 2.75. The Hall–Kier alpha value is -2.45. The van der Waals surface area contributed by atoms with Crippen LogP contribution in [-0.2, 0) is 13.1 Å². The Kier molecular flexibility index (Phi) is 5.39. The predicted molar refractivity (Wildman–Crippen MR) is 89.1 cm³/mol. The van der Waals surface area contributed by atoms with Gasteiger partial charge >= 0.3 is 6.03 Å². The molecule has 1 aromatic carbocycles. The lowest BCUT2D eigenvalue weighted by molar-refractivity contribution is 0.184. The smallest absolute Gasteiger partial charge is 0.319 e. The van der Waals surface area contributed by atoms with Crippen LogP contribution in [-0.4, -0.2) is 40.2 Å². The number of likely N-dealkylation sites (tertiary alicyclic amines) is 1. The Bertz CT molecular complexity index is 652. The highest BCUT2D eigenvalue weighted by atomic mass is 16.5. The van der Waals surface area contributed by atoms with Crippen molar-refractivity contribution in [1.29, 1.82) is 0 Å². The van der Waals surface area contributed by atoms with E-state index in [1.54, 1.807) is 0 Å². The molecule has 0 radical (unpaired) electrons. The average molecular weight is 330 g/mol. The Morgan fingerprint density at radius 1 is 1.29 bits per heavy atom. The molecule has 3 rings (SSSR count). The quantitative estimate of drug-likeness (QED) is 0.763. The van der Waals surface area contributed by atoms with Crippen LogP contribution in [0.3, 0.4) is 0 Å². The van der Waals surface area contributed by atoms with Crippen LogP contribution in [0.4, 0.5) is 10.5 Å². The summed E-state index contributed by atoms with van der Waals surface area (Å²) in [6, 6.07) is 9.44. The van der Waals surface area contributed by atoms with Crippen molar-refractivity contribution in [3.05, 3.63) is 42.0 Å². The summed E-state index contributed by atoms with van der Waals surface area (Å²) in [6.45, 7) is 2.66. The van der Waals surface area contributed by atoms with Gasteiger partial charge in [0, 0.05) is 24.8 Å². The number of nitrogens with one attached hydrogen (secondary N) is 2. The van der Waals surface area contributed by atoms with Crippen LogP contribution in [0, 0.1) is 0 Å². The third-order valence-electron chi connectivity index (χ3n) is 4.00. The molecule has 8 nitrogen and oxygen atoms in total. The van der Waals surface area contributed by atoms with Gasteiger partial charge < -0.3 is 20.9 Å². The lowest BCUT2D eigenvalue weighted by atomic mass is 10.1. The monoisotopic (exact) mass is 330 g/mol. The van der Waals surface area contributed by atoms with Crippen molar-refractivity contribution in [2.45, 2.75) is 32.0 Å². The first-order valence-corrected chi connectivity index (χ1v) is 8.09. The highest BCUT2D eigenvalue weighted by Gasteiger charge is 2.22. The SMILES string of the molecule is NCc1nc(CN2CCC(NC(=O)Nc3ccccc3)CC2)no1. The van der Waals surface area contributed by atoms with Crippen molar-refractivity contribution < 1.29 is 9.32 Å². The summed E-state index contributed by atoms with van der Waals surface area (Å²) < 4.78 is 5.01. The zero-order valence-electron chi connectivity index (χ0n) is 13.4. The van der Waals surface area contributed by atoms with E-state index >= 15 is 0 Å². The second-order valence-corrected chi connectivity index (χ2v) is 5.82. The lowest BCUT2D eigenvalue weighted by Crippen LogP contribution is -2.45. The molecule has 1 fully saturated rings. The van der Waals surface area contributed by atoms with E-state index in [0.717, 1.165) is 31.6 Å². The van der Waals surface area contributed by atoms with Crippen molar-refractivity contribution >= 4 is 11.7 Å². The highest BCUT2D eigenvalue weighted by Crippen LogP contribution is 2.13. The van der Waals surface area contributed by atoms with Gasteiger partial charge in [-0.15, -0.1) is 0 Å². The molecule has 0 bridgehead atoms. The summed E-state index contributed by atoms with van der Waals surface area (Å²) in [6.07, 6.45) is 1.79. The van der Waals surface area contributed by atoms with Gasteiger partial charge in [0.2, 0.25) is 5.89 Å². The molecule has 24 heavy (non-hydrogen) atoms. The third-order valence-corrected chi connectivity index (χ3v) is 4.00. The molecule has 0 spiro atoms. The van der Waals surface area contributed by atoms with Crippen LogP contribution >= 0.6 is 0 Å². The van der Waals surface area contributed by atoms with E-state index in [1.807, 2.05) is 30.3 Å². The average Bonchev–Trinajstić information content (AvgIpc) is 3.05. The van der Waals surface area contributed by atoms with Gasteiger partial charge in [0.25, 0.3) is 0 Å². The molecule has 1 aromatic heterocycles. The number of carbonyl (C=O) groups is 1. The topological polar surface area (TPSA) is 109 Å². The van der Waals surface area contributed by atoms with Crippen molar-refractivity contribution in [2.75, 3.05) is 18.4 Å². The van der Waals surface area contributed by atoms with Crippen molar-refractivity contribution in [2.24, 2.45) is 5.73 Å². The Balaban J connectivity index is 1.41. The number of nitrogens with zero attached hydrogens (tertiary/aromatic N) is 3. The van der Waals surface area contributed by atoms with Crippen LogP contribution in [0.2, 0.25) is 0 Å². The number of hydrogen-bond donors (Lipinski definition) is 3. The number of piperidine rings is 1. The number of urea groups is 1. The maximum atomic E-state index is 12.0. The van der Waals surface area contributed by atoms with Crippen LogP contribution in [0.1, 0.15) is 24.6 Å². The first-order valence-electron chi connectivity index (χ1n) is 8.09. The first kappa shape index (κ1) is 16.4. The van der Waals surface area contributed by atoms with E-state index in [4.69, 9.17) is 10.3 Å². The molecule has 0 aliphatic carbocycles. The van der Waals surface area contributed by atoms with E-state index in [-0.39, 0.29) is 18.6 Å². The van der Waals surface area contributed by atoms with Gasteiger partial charge in [-0.05, 0) is 25.0 Å². The number of benzene rings is 1. The highest BCUT2D eigenvalue weighted by molar-refractivity contribution is 5.89. The minimum atomic E-state index is -0.162. The second-order valence-electron chi connectivity index (χ2n) is 5.82. The summed E-state index contributed by atoms with van der Waals surface area (Å²) in [5.41, 5.74) is 6.25. The third kappa shape index (κ3) is 4.53. The number of hydrogen-bond acceptors (Lipinski definition) is 6. The maximum Gasteiger partial charge on any atom is 0.319 e. The first-order chi connectivity index (χ1) is 11.7. The predicted octanol–water partition coefficient (Wildman–Crippen LogP) is 1.31. The van der Waals surface area contributed by atoms with Gasteiger partial charge in [0.15, 0.2) is 5.82 Å². The number of rotatable bonds is 5. The fraction of sp³-hybridized carbons (Fsp3) is 0.438. The summed E-state index contributed by atoms with van der Waals surface area (Å²) in [5.74, 6) is 1.11. The summed E-state index contributed by atoms with van der Waals surface area (Å²) >= 11 is 0. The zero-order chi connectivity index (χ0) is 16.8. The molecule has 2 aromatic rings. The molecule has 8 heteroatoms. The standard InChI is InChI=1S/C16H22N6O2/c17-10-15-20-14(21-24-15)11-22-8-6-13(7-9-22)19-16(23)18-12-4-2-1-3-5-12/h1-5,13H,6-11,17H2,(H2,18,19,23). The van der Waals surface area contributed by atoms with Crippen molar-refractivity contribution in [3.63, 3.8) is 0 Å². The molecule has 128 valence electrons. The summed E-state index contributed by atoms with van der Waals surface area (Å²) in [5, 5.41) is 9.77. The molecular formula is C16H22N6O2. The van der Waals surface area contributed by atoms with Gasteiger partial charge in [0.05, 0.1) is 13.1 Å². The van der Waals surface area contributed by atoms with Gasteiger partial charge in [-0.25, -0.2) is 4.79 Å². The van der Waals surface area contributed by atoms with E-state index < -0.39 is 0 Å². The molecule has 1 aliphatic rings. The van der Waals surface area contributed by atoms with Crippen molar-refractivity contribution in [1.82, 2.24) is 20.4 Å². The molecule has 2 heterocycles. The van der Waals surface area contributed by atoms with Crippen LogP contribution < -0.4 is 16.4 Å². The minimum Gasteiger partial charge on any atom is -0.338 e. The number of carbonyl (C=O) groups excluding carboxylic acids is 1. The fourth-order valence-corrected chi connectivity index (χ4v) is 2.75. The largest absolute Gasteiger partial charge is 0.338 e. The van der Waals surface area contributed by atoms with Crippen molar-refractivity contribution in [3.8, 4) is 0 Å². The van der Waals surface area contributed by atoms with E-state index in [1.165, 1.54) is 0 Å². The van der Waals surface area contributed by atoms with Gasteiger partial charge in [-0.1, -0.05) is 23.4 Å². The Labute approximate surface area is 140 Å². The molecule has 0 atom stereocenters. The molecule has 0 unspecified atom stereocenters.